The lowest BCUT2D eigenvalue weighted by molar-refractivity contribution is 0.595. The molecule has 2 aromatic heterocycles. The van der Waals surface area contributed by atoms with Gasteiger partial charge in [-0.1, -0.05) is 61.7 Å². The van der Waals surface area contributed by atoms with Gasteiger partial charge in [0.05, 0.1) is 44.6 Å². The first-order valence-electron chi connectivity index (χ1n) is 12.4. The second-order valence-electron chi connectivity index (χ2n) is 9.30. The average Bonchev–Trinajstić information content (AvgIpc) is 3.30. The van der Waals surface area contributed by atoms with Crippen LogP contribution < -0.4 is 4.90 Å². The molecule has 0 spiro atoms. The quantitative estimate of drug-likeness (QED) is 0.238. The highest BCUT2D eigenvalue weighted by atomic mass is 32.2. The summed E-state index contributed by atoms with van der Waals surface area (Å²) < 4.78 is 28.8. The van der Waals surface area contributed by atoms with E-state index in [1.54, 1.807) is 48.8 Å². The first-order valence-corrected chi connectivity index (χ1v) is 13.9. The molecule has 0 atom stereocenters. The highest BCUT2D eigenvalue weighted by molar-refractivity contribution is 7.92. The minimum atomic E-state index is -3.65. The van der Waals surface area contributed by atoms with Crippen LogP contribution in [0.1, 0.15) is 11.1 Å². The van der Waals surface area contributed by atoms with Gasteiger partial charge in [0.2, 0.25) is 9.84 Å². The monoisotopic (exact) mass is 526 g/mol. The summed E-state index contributed by atoms with van der Waals surface area (Å²) in [6, 6.07) is 26.4. The van der Waals surface area contributed by atoms with Crippen molar-refractivity contribution in [2.75, 3.05) is 4.90 Å². The summed E-state index contributed by atoms with van der Waals surface area (Å²) in [5, 5.41) is 2.17. The molecule has 7 rings (SSSR count). The molecule has 0 N–H and O–H groups in total. The third-order valence-corrected chi connectivity index (χ3v) is 9.01. The Balaban J connectivity index is 1.42. The fourth-order valence-corrected chi connectivity index (χ4v) is 6.96. The molecule has 0 saturated heterocycles. The number of fused-ring (bicyclic) bond motifs is 5. The SMILES string of the molecule is C=Cc1ccc2c(c1)c1cc(C=C)ccc1n2-c1cnc(N2c3ccccc3S(=O)(=O)c3ccccc32)cn1. The Labute approximate surface area is 225 Å². The molecule has 0 radical (unpaired) electrons. The number of anilines is 3. The van der Waals surface area contributed by atoms with Crippen molar-refractivity contribution in [1.82, 2.24) is 14.5 Å². The van der Waals surface area contributed by atoms with E-state index < -0.39 is 9.84 Å². The Kier molecular flexibility index (Phi) is 5.05. The number of hydrogen-bond donors (Lipinski definition) is 0. The minimum absolute atomic E-state index is 0.244. The number of para-hydroxylation sites is 2. The molecule has 0 amide bonds. The van der Waals surface area contributed by atoms with Gasteiger partial charge in [-0.05, 0) is 59.7 Å². The van der Waals surface area contributed by atoms with Crippen LogP contribution in [0.3, 0.4) is 0 Å². The van der Waals surface area contributed by atoms with Gasteiger partial charge in [-0.25, -0.2) is 18.4 Å². The smallest absolute Gasteiger partial charge is 0.210 e. The van der Waals surface area contributed by atoms with Gasteiger partial charge in [0, 0.05) is 10.8 Å². The largest absolute Gasteiger partial charge is 0.293 e. The Hall–Kier alpha value is -5.01. The van der Waals surface area contributed by atoms with Gasteiger partial charge in [-0.2, -0.15) is 0 Å². The second kappa shape index (κ2) is 8.51. The van der Waals surface area contributed by atoms with Gasteiger partial charge in [0.15, 0.2) is 11.6 Å². The molecule has 0 bridgehead atoms. The summed E-state index contributed by atoms with van der Waals surface area (Å²) in [4.78, 5) is 12.0. The van der Waals surface area contributed by atoms with Crippen molar-refractivity contribution in [3.63, 3.8) is 0 Å². The molecule has 1 aliphatic rings. The fourth-order valence-electron chi connectivity index (χ4n) is 5.34. The molecule has 0 unspecified atom stereocenters. The average molecular weight is 527 g/mol. The zero-order valence-corrected chi connectivity index (χ0v) is 21.6. The van der Waals surface area contributed by atoms with Crippen LogP contribution in [0, 0.1) is 0 Å². The number of sulfone groups is 1. The molecule has 6 nitrogen and oxygen atoms in total. The van der Waals surface area contributed by atoms with Crippen LogP contribution in [-0.2, 0) is 9.84 Å². The Morgan fingerprint density at radius 1 is 0.641 bits per heavy atom. The number of benzene rings is 4. The summed E-state index contributed by atoms with van der Waals surface area (Å²) in [7, 11) is -3.65. The van der Waals surface area contributed by atoms with Crippen LogP contribution in [0.2, 0.25) is 0 Å². The van der Waals surface area contributed by atoms with E-state index in [-0.39, 0.29) is 9.79 Å². The molecular weight excluding hydrogens is 504 g/mol. The summed E-state index contributed by atoms with van der Waals surface area (Å²) in [6.07, 6.45) is 7.09. The van der Waals surface area contributed by atoms with E-state index in [4.69, 9.17) is 9.97 Å². The van der Waals surface area contributed by atoms with Crippen molar-refractivity contribution in [3.8, 4) is 5.82 Å². The molecule has 6 aromatic rings. The van der Waals surface area contributed by atoms with Gasteiger partial charge in [-0.15, -0.1) is 0 Å². The van der Waals surface area contributed by atoms with Gasteiger partial charge < -0.3 is 0 Å². The predicted octanol–water partition coefficient (Wildman–Crippen LogP) is 7.48. The summed E-state index contributed by atoms with van der Waals surface area (Å²) >= 11 is 0. The molecule has 188 valence electrons. The molecule has 3 heterocycles. The molecule has 1 aliphatic heterocycles. The molecule has 4 aromatic carbocycles. The number of rotatable bonds is 4. The molecule has 0 aliphatic carbocycles. The lowest BCUT2D eigenvalue weighted by Gasteiger charge is -2.31. The number of nitrogens with zero attached hydrogens (tertiary/aromatic N) is 4. The van der Waals surface area contributed by atoms with E-state index in [9.17, 15) is 8.42 Å². The molecule has 0 fully saturated rings. The molecule has 39 heavy (non-hydrogen) atoms. The van der Waals surface area contributed by atoms with Crippen LogP contribution in [0.15, 0.2) is 120 Å². The third-order valence-electron chi connectivity index (χ3n) is 7.16. The first kappa shape index (κ1) is 23.1. The van der Waals surface area contributed by atoms with Crippen LogP contribution in [0.5, 0.6) is 0 Å². The number of hydrogen-bond acceptors (Lipinski definition) is 5. The second-order valence-corrected chi connectivity index (χ2v) is 11.2. The zero-order valence-electron chi connectivity index (χ0n) is 20.8. The lowest BCUT2D eigenvalue weighted by atomic mass is 10.1. The molecule has 0 saturated carbocycles. The van der Waals surface area contributed by atoms with Crippen molar-refractivity contribution in [2.24, 2.45) is 0 Å². The van der Waals surface area contributed by atoms with Crippen LogP contribution in [0.4, 0.5) is 17.2 Å². The van der Waals surface area contributed by atoms with Crippen molar-refractivity contribution < 1.29 is 8.42 Å². The van der Waals surface area contributed by atoms with Crippen molar-refractivity contribution in [1.29, 1.82) is 0 Å². The van der Waals surface area contributed by atoms with Gasteiger partial charge in [0.1, 0.15) is 0 Å². The standard InChI is InChI=1S/C32H22N4O2S/c1-3-21-13-15-25-23(17-21)24-18-22(4-2)14-16-26(24)35(25)31-19-34-32(20-33-31)36-27-9-5-7-11-29(27)39(37,38)30-12-8-6-10-28(30)36/h3-20H,1-2H2. The topological polar surface area (TPSA) is 68.1 Å². The van der Waals surface area contributed by atoms with E-state index in [0.29, 0.717) is 23.0 Å². The third kappa shape index (κ3) is 3.37. The highest BCUT2D eigenvalue weighted by Gasteiger charge is 2.35. The zero-order chi connectivity index (χ0) is 26.7. The maximum absolute atomic E-state index is 13.3. The maximum Gasteiger partial charge on any atom is 0.210 e. The summed E-state index contributed by atoms with van der Waals surface area (Å²) in [5.41, 5.74) is 5.15. The summed E-state index contributed by atoms with van der Waals surface area (Å²) in [6.45, 7) is 7.85. The Bertz CT molecular complexity index is 1960. The van der Waals surface area contributed by atoms with Gasteiger partial charge in [-0.3, -0.25) is 9.47 Å². The first-order chi connectivity index (χ1) is 19.0. The lowest BCUT2D eigenvalue weighted by Crippen LogP contribution is -2.23. The summed E-state index contributed by atoms with van der Waals surface area (Å²) in [5.74, 6) is 1.18. The van der Waals surface area contributed by atoms with Crippen LogP contribution >= 0.6 is 0 Å². The van der Waals surface area contributed by atoms with Gasteiger partial charge in [0.25, 0.3) is 0 Å². The van der Waals surface area contributed by atoms with Crippen molar-refractivity contribution in [3.05, 3.63) is 122 Å². The normalized spacial score (nSPS) is 13.7. The Morgan fingerprint density at radius 2 is 1.13 bits per heavy atom. The van der Waals surface area contributed by atoms with Gasteiger partial charge >= 0.3 is 0 Å². The molecule has 7 heteroatoms. The van der Waals surface area contributed by atoms with Crippen LogP contribution in [0.25, 0.3) is 39.8 Å². The minimum Gasteiger partial charge on any atom is -0.293 e. The van der Waals surface area contributed by atoms with E-state index >= 15 is 0 Å². The van der Waals surface area contributed by atoms with E-state index in [0.717, 1.165) is 32.9 Å². The number of aromatic nitrogens is 3. The van der Waals surface area contributed by atoms with E-state index in [1.165, 1.54) is 0 Å². The highest BCUT2D eigenvalue weighted by Crippen LogP contribution is 2.47. The maximum atomic E-state index is 13.3. The van der Waals surface area contributed by atoms with E-state index in [1.807, 2.05) is 41.3 Å². The molecular formula is C32H22N4O2S. The van der Waals surface area contributed by atoms with Crippen molar-refractivity contribution >= 4 is 61.0 Å². The van der Waals surface area contributed by atoms with Crippen LogP contribution in [-0.4, -0.2) is 23.0 Å². The Morgan fingerprint density at radius 3 is 1.62 bits per heavy atom. The van der Waals surface area contributed by atoms with E-state index in [2.05, 4.69) is 42.0 Å². The van der Waals surface area contributed by atoms with Crippen molar-refractivity contribution in [2.45, 2.75) is 9.79 Å². The fraction of sp³-hybridized carbons (Fsp3) is 0. The predicted molar refractivity (Wildman–Crippen MR) is 157 cm³/mol.